The average Bonchev–Trinajstić information content (AvgIpc) is 3.34. The van der Waals surface area contributed by atoms with Crippen LogP contribution >= 0.6 is 0 Å². The highest BCUT2D eigenvalue weighted by Crippen LogP contribution is 2.22. The van der Waals surface area contributed by atoms with Gasteiger partial charge in [-0.2, -0.15) is 5.10 Å². The van der Waals surface area contributed by atoms with E-state index >= 15 is 0 Å². The molecular formula is C21H25N7O2. The summed E-state index contributed by atoms with van der Waals surface area (Å²) in [7, 11) is 1.66. The van der Waals surface area contributed by atoms with Crippen LogP contribution in [0, 0.1) is 5.92 Å². The molecule has 1 fully saturated rings. The van der Waals surface area contributed by atoms with Crippen LogP contribution in [0.25, 0.3) is 5.82 Å². The third kappa shape index (κ3) is 4.73. The number of carbonyl (C=O) groups is 1. The van der Waals surface area contributed by atoms with Gasteiger partial charge in [0, 0.05) is 25.6 Å². The second-order valence-corrected chi connectivity index (χ2v) is 7.24. The molecule has 1 aliphatic heterocycles. The van der Waals surface area contributed by atoms with Gasteiger partial charge in [-0.05, 0) is 49.1 Å². The lowest BCUT2D eigenvalue weighted by atomic mass is 9.96. The zero-order chi connectivity index (χ0) is 20.8. The normalized spacial score (nSPS) is 14.5. The summed E-state index contributed by atoms with van der Waals surface area (Å²) in [5, 5.41) is 15.6. The smallest absolute Gasteiger partial charge is 0.223 e. The lowest BCUT2D eigenvalue weighted by molar-refractivity contribution is -0.125. The molecule has 1 saturated heterocycles. The number of nitrogens with zero attached hydrogens (tertiary/aromatic N) is 6. The van der Waals surface area contributed by atoms with E-state index in [0.717, 1.165) is 49.5 Å². The van der Waals surface area contributed by atoms with Crippen LogP contribution in [-0.2, 0) is 11.2 Å². The molecule has 1 N–H and O–H groups in total. The zero-order valence-electron chi connectivity index (χ0n) is 16.9. The van der Waals surface area contributed by atoms with Gasteiger partial charge in [-0.15, -0.1) is 10.2 Å². The van der Waals surface area contributed by atoms with E-state index in [1.54, 1.807) is 18.1 Å². The highest BCUT2D eigenvalue weighted by molar-refractivity contribution is 5.79. The summed E-state index contributed by atoms with van der Waals surface area (Å²) in [4.78, 5) is 18.6. The molecule has 3 aromatic rings. The van der Waals surface area contributed by atoms with Crippen molar-refractivity contribution in [2.75, 3.05) is 31.6 Å². The first kappa shape index (κ1) is 19.8. The Morgan fingerprint density at radius 2 is 1.97 bits per heavy atom. The van der Waals surface area contributed by atoms with Crippen molar-refractivity contribution in [2.45, 2.75) is 19.3 Å². The molecule has 0 atom stereocenters. The van der Waals surface area contributed by atoms with E-state index in [0.29, 0.717) is 12.4 Å². The molecule has 0 saturated carbocycles. The van der Waals surface area contributed by atoms with Gasteiger partial charge < -0.3 is 15.0 Å². The molecule has 156 valence electrons. The number of piperidine rings is 1. The number of amides is 1. The van der Waals surface area contributed by atoms with Crippen molar-refractivity contribution in [3.63, 3.8) is 0 Å². The topological polar surface area (TPSA) is 98.1 Å². The number of hydrogen-bond donors (Lipinski definition) is 1. The van der Waals surface area contributed by atoms with E-state index in [-0.39, 0.29) is 11.8 Å². The first-order chi connectivity index (χ1) is 14.7. The number of aromatic nitrogens is 5. The van der Waals surface area contributed by atoms with E-state index in [4.69, 9.17) is 4.74 Å². The first-order valence-corrected chi connectivity index (χ1v) is 10.1. The molecule has 0 bridgehead atoms. The van der Waals surface area contributed by atoms with E-state index in [9.17, 15) is 4.79 Å². The summed E-state index contributed by atoms with van der Waals surface area (Å²) in [6, 6.07) is 11.7. The van der Waals surface area contributed by atoms with Crippen molar-refractivity contribution < 1.29 is 9.53 Å². The van der Waals surface area contributed by atoms with E-state index < -0.39 is 0 Å². The van der Waals surface area contributed by atoms with Crippen molar-refractivity contribution in [1.29, 1.82) is 0 Å². The molecule has 0 aliphatic carbocycles. The average molecular weight is 407 g/mol. The predicted octanol–water partition coefficient (Wildman–Crippen LogP) is 1.64. The van der Waals surface area contributed by atoms with E-state index in [2.05, 4.69) is 30.5 Å². The van der Waals surface area contributed by atoms with Crippen LogP contribution in [0.3, 0.4) is 0 Å². The highest BCUT2D eigenvalue weighted by Gasteiger charge is 2.25. The van der Waals surface area contributed by atoms with Gasteiger partial charge in [0.2, 0.25) is 5.91 Å². The minimum Gasteiger partial charge on any atom is -0.497 e. The minimum absolute atomic E-state index is 0.0361. The van der Waals surface area contributed by atoms with Crippen molar-refractivity contribution in [3.8, 4) is 11.6 Å². The molecule has 9 nitrogen and oxygen atoms in total. The van der Waals surface area contributed by atoms with Crippen LogP contribution in [0.1, 0.15) is 18.4 Å². The minimum atomic E-state index is 0.0361. The van der Waals surface area contributed by atoms with Crippen LogP contribution in [0.4, 0.5) is 5.82 Å². The van der Waals surface area contributed by atoms with Gasteiger partial charge in [0.05, 0.1) is 7.11 Å². The van der Waals surface area contributed by atoms with Crippen molar-refractivity contribution in [2.24, 2.45) is 5.92 Å². The molecule has 3 heterocycles. The Morgan fingerprint density at radius 3 is 2.67 bits per heavy atom. The Kier molecular flexibility index (Phi) is 6.17. The van der Waals surface area contributed by atoms with E-state index in [1.807, 2.05) is 36.4 Å². The van der Waals surface area contributed by atoms with Crippen LogP contribution in [-0.4, -0.2) is 57.6 Å². The maximum Gasteiger partial charge on any atom is 0.223 e. The third-order valence-corrected chi connectivity index (χ3v) is 5.33. The lowest BCUT2D eigenvalue weighted by Crippen LogP contribution is -2.41. The molecule has 1 amide bonds. The molecule has 1 aliphatic rings. The molecule has 30 heavy (non-hydrogen) atoms. The van der Waals surface area contributed by atoms with Crippen LogP contribution in [0.2, 0.25) is 0 Å². The highest BCUT2D eigenvalue weighted by atomic mass is 16.5. The van der Waals surface area contributed by atoms with Gasteiger partial charge in [0.1, 0.15) is 18.4 Å². The Balaban J connectivity index is 1.23. The lowest BCUT2D eigenvalue weighted by Gasteiger charge is -2.31. The summed E-state index contributed by atoms with van der Waals surface area (Å²) in [5.74, 6) is 2.44. The van der Waals surface area contributed by atoms with Crippen LogP contribution < -0.4 is 15.0 Å². The van der Waals surface area contributed by atoms with Gasteiger partial charge in [0.15, 0.2) is 11.6 Å². The maximum absolute atomic E-state index is 12.5. The molecule has 0 unspecified atom stereocenters. The van der Waals surface area contributed by atoms with Crippen LogP contribution in [0.15, 0.2) is 49.1 Å². The Morgan fingerprint density at radius 1 is 1.17 bits per heavy atom. The molecule has 1 aromatic carbocycles. The number of hydrogen-bond acceptors (Lipinski definition) is 7. The Bertz CT molecular complexity index is 952. The Hall–Kier alpha value is -3.49. The molecule has 4 rings (SSSR count). The third-order valence-electron chi connectivity index (χ3n) is 5.33. The summed E-state index contributed by atoms with van der Waals surface area (Å²) in [6.45, 7) is 2.19. The fraction of sp³-hybridized carbons (Fsp3) is 0.381. The number of rotatable bonds is 7. The first-order valence-electron chi connectivity index (χ1n) is 10.1. The van der Waals surface area contributed by atoms with Gasteiger partial charge in [-0.1, -0.05) is 12.1 Å². The van der Waals surface area contributed by atoms with Gasteiger partial charge >= 0.3 is 0 Å². The summed E-state index contributed by atoms with van der Waals surface area (Å²) >= 11 is 0. The largest absolute Gasteiger partial charge is 0.497 e. The number of carbonyl (C=O) groups excluding carboxylic acids is 1. The Labute approximate surface area is 175 Å². The van der Waals surface area contributed by atoms with Gasteiger partial charge in [0.25, 0.3) is 0 Å². The van der Waals surface area contributed by atoms with Crippen molar-refractivity contribution in [1.82, 2.24) is 30.3 Å². The molecule has 9 heteroatoms. The molecule has 0 radical (unpaired) electrons. The predicted molar refractivity (Wildman–Crippen MR) is 112 cm³/mol. The number of anilines is 1. The number of benzene rings is 1. The monoisotopic (exact) mass is 407 g/mol. The SMILES string of the molecule is COc1cccc(CCNC(=O)C2CCN(c3ccc(-n4cncn4)nn3)CC2)c1. The second-order valence-electron chi connectivity index (χ2n) is 7.24. The van der Waals surface area contributed by atoms with Gasteiger partial charge in [-0.25, -0.2) is 9.67 Å². The van der Waals surface area contributed by atoms with Gasteiger partial charge in [-0.3, -0.25) is 4.79 Å². The number of nitrogens with one attached hydrogen (secondary N) is 1. The summed E-state index contributed by atoms with van der Waals surface area (Å²) in [6.07, 6.45) is 5.44. The zero-order valence-corrected chi connectivity index (χ0v) is 16.9. The number of methoxy groups -OCH3 is 1. The fourth-order valence-electron chi connectivity index (χ4n) is 3.61. The molecule has 0 spiro atoms. The van der Waals surface area contributed by atoms with Crippen molar-refractivity contribution in [3.05, 3.63) is 54.6 Å². The molecular weight excluding hydrogens is 382 g/mol. The summed E-state index contributed by atoms with van der Waals surface area (Å²) < 4.78 is 6.81. The maximum atomic E-state index is 12.5. The second kappa shape index (κ2) is 9.34. The number of ether oxygens (including phenoxy) is 1. The summed E-state index contributed by atoms with van der Waals surface area (Å²) in [5.41, 5.74) is 1.15. The van der Waals surface area contributed by atoms with E-state index in [1.165, 1.54) is 6.33 Å². The standard InChI is InChI=1S/C21H25N7O2/c1-30-18-4-2-3-16(13-18)7-10-23-21(29)17-8-11-27(12-9-17)19-5-6-20(26-25-19)28-15-22-14-24-28/h2-6,13-15,17H,7-12H2,1H3,(H,23,29). The molecule has 2 aromatic heterocycles. The fourth-order valence-corrected chi connectivity index (χ4v) is 3.61. The quantitative estimate of drug-likeness (QED) is 0.636. The van der Waals surface area contributed by atoms with Crippen molar-refractivity contribution >= 4 is 11.7 Å². The van der Waals surface area contributed by atoms with Crippen LogP contribution in [0.5, 0.6) is 5.75 Å².